The van der Waals surface area contributed by atoms with Gasteiger partial charge in [-0.1, -0.05) is 32.0 Å². The SMILES string of the molecule is CCC(CC)(CCO)CN=C(N)Nc1ccccc1COC. The van der Waals surface area contributed by atoms with Gasteiger partial charge in [0.05, 0.1) is 6.61 Å². The minimum atomic E-state index is 0.0209. The van der Waals surface area contributed by atoms with Crippen molar-refractivity contribution >= 4 is 11.6 Å². The monoisotopic (exact) mass is 307 g/mol. The molecule has 0 unspecified atom stereocenters. The summed E-state index contributed by atoms with van der Waals surface area (Å²) in [6, 6.07) is 7.86. The summed E-state index contributed by atoms with van der Waals surface area (Å²) >= 11 is 0. The van der Waals surface area contributed by atoms with Crippen LogP contribution in [0.1, 0.15) is 38.7 Å². The zero-order valence-electron chi connectivity index (χ0n) is 13.9. The van der Waals surface area contributed by atoms with E-state index in [1.165, 1.54) is 0 Å². The number of aliphatic imine (C=N–C) groups is 1. The fraction of sp³-hybridized carbons (Fsp3) is 0.588. The Morgan fingerprint density at radius 1 is 1.32 bits per heavy atom. The lowest BCUT2D eigenvalue weighted by Crippen LogP contribution is -2.29. The summed E-state index contributed by atoms with van der Waals surface area (Å²) < 4.78 is 5.18. The summed E-state index contributed by atoms with van der Waals surface area (Å²) in [7, 11) is 1.67. The molecule has 0 spiro atoms. The van der Waals surface area contributed by atoms with Gasteiger partial charge >= 0.3 is 0 Å². The van der Waals surface area contributed by atoms with Gasteiger partial charge in [-0.25, -0.2) is 0 Å². The first-order valence-corrected chi connectivity index (χ1v) is 7.85. The summed E-state index contributed by atoms with van der Waals surface area (Å²) in [5.74, 6) is 0.396. The van der Waals surface area contributed by atoms with Crippen LogP contribution in [-0.2, 0) is 11.3 Å². The molecule has 1 rings (SSSR count). The molecule has 0 radical (unpaired) electrons. The van der Waals surface area contributed by atoms with Gasteiger partial charge in [0.2, 0.25) is 0 Å². The van der Waals surface area contributed by atoms with E-state index in [0.29, 0.717) is 19.1 Å². The summed E-state index contributed by atoms with van der Waals surface area (Å²) in [5.41, 5.74) is 7.99. The Labute approximate surface area is 133 Å². The van der Waals surface area contributed by atoms with Gasteiger partial charge in [-0.2, -0.15) is 0 Å². The van der Waals surface area contributed by atoms with Gasteiger partial charge in [-0.15, -0.1) is 0 Å². The minimum absolute atomic E-state index is 0.0209. The molecule has 5 heteroatoms. The average Bonchev–Trinajstić information content (AvgIpc) is 2.54. The molecule has 0 bridgehead atoms. The van der Waals surface area contributed by atoms with Crippen molar-refractivity contribution in [1.82, 2.24) is 0 Å². The maximum Gasteiger partial charge on any atom is 0.193 e. The molecule has 0 heterocycles. The molecular weight excluding hydrogens is 278 g/mol. The van der Waals surface area contributed by atoms with Crippen molar-refractivity contribution in [3.8, 4) is 0 Å². The van der Waals surface area contributed by atoms with Crippen molar-refractivity contribution in [3.63, 3.8) is 0 Å². The highest BCUT2D eigenvalue weighted by Crippen LogP contribution is 2.30. The molecule has 4 N–H and O–H groups in total. The zero-order valence-corrected chi connectivity index (χ0v) is 13.9. The predicted octanol–water partition coefficient (Wildman–Crippen LogP) is 2.75. The second-order valence-electron chi connectivity index (χ2n) is 5.60. The Hall–Kier alpha value is -1.59. The number of anilines is 1. The number of ether oxygens (including phenoxy) is 1. The molecule has 0 aliphatic rings. The van der Waals surface area contributed by atoms with E-state index >= 15 is 0 Å². The number of rotatable bonds is 9. The number of para-hydroxylation sites is 1. The van der Waals surface area contributed by atoms with Crippen LogP contribution in [0.2, 0.25) is 0 Å². The Kier molecular flexibility index (Phi) is 7.91. The van der Waals surface area contributed by atoms with E-state index in [2.05, 4.69) is 24.2 Å². The minimum Gasteiger partial charge on any atom is -0.396 e. The molecule has 0 aromatic heterocycles. The van der Waals surface area contributed by atoms with Crippen molar-refractivity contribution in [2.24, 2.45) is 16.1 Å². The van der Waals surface area contributed by atoms with Crippen molar-refractivity contribution in [2.75, 3.05) is 25.6 Å². The molecule has 0 amide bonds. The highest BCUT2D eigenvalue weighted by atomic mass is 16.5. The van der Waals surface area contributed by atoms with E-state index in [4.69, 9.17) is 10.5 Å². The lowest BCUT2D eigenvalue weighted by atomic mass is 9.79. The molecule has 1 aromatic carbocycles. The predicted molar refractivity (Wildman–Crippen MR) is 92.0 cm³/mol. The van der Waals surface area contributed by atoms with Crippen molar-refractivity contribution in [3.05, 3.63) is 29.8 Å². The largest absolute Gasteiger partial charge is 0.396 e. The fourth-order valence-corrected chi connectivity index (χ4v) is 2.50. The smallest absolute Gasteiger partial charge is 0.193 e. The molecule has 0 saturated heterocycles. The lowest BCUT2D eigenvalue weighted by molar-refractivity contribution is 0.175. The quantitative estimate of drug-likeness (QED) is 0.484. The Morgan fingerprint density at radius 3 is 2.59 bits per heavy atom. The molecule has 5 nitrogen and oxygen atoms in total. The number of benzene rings is 1. The van der Waals surface area contributed by atoms with Crippen LogP contribution >= 0.6 is 0 Å². The molecule has 0 fully saturated rings. The number of aliphatic hydroxyl groups is 1. The molecule has 0 saturated carbocycles. The third kappa shape index (κ3) is 5.31. The third-order valence-electron chi connectivity index (χ3n) is 4.31. The van der Waals surface area contributed by atoms with E-state index in [9.17, 15) is 5.11 Å². The van der Waals surface area contributed by atoms with Crippen LogP contribution in [0.15, 0.2) is 29.3 Å². The standard InChI is InChI=1S/C17H29N3O2/c1-4-17(5-2,10-11-21)13-19-16(18)20-15-9-7-6-8-14(15)12-22-3/h6-9,21H,4-5,10-13H2,1-3H3,(H3,18,19,20). The van der Waals surface area contributed by atoms with Crippen LogP contribution in [0, 0.1) is 5.41 Å². The molecule has 124 valence electrons. The summed E-state index contributed by atoms with van der Waals surface area (Å²) in [6.45, 7) is 5.58. The van der Waals surface area contributed by atoms with Crippen LogP contribution in [0.4, 0.5) is 5.69 Å². The first-order valence-electron chi connectivity index (χ1n) is 7.85. The van der Waals surface area contributed by atoms with Crippen LogP contribution in [0.3, 0.4) is 0 Å². The van der Waals surface area contributed by atoms with Gasteiger partial charge in [-0.3, -0.25) is 4.99 Å². The second kappa shape index (κ2) is 9.43. The average molecular weight is 307 g/mol. The van der Waals surface area contributed by atoms with E-state index < -0.39 is 0 Å². The first kappa shape index (κ1) is 18.5. The molecule has 0 aliphatic carbocycles. The number of methoxy groups -OCH3 is 1. The molecule has 1 aromatic rings. The number of hydrogen-bond acceptors (Lipinski definition) is 3. The Balaban J connectivity index is 2.77. The topological polar surface area (TPSA) is 79.9 Å². The molecule has 0 atom stereocenters. The number of guanidine groups is 1. The number of nitrogens with zero attached hydrogens (tertiary/aromatic N) is 1. The van der Waals surface area contributed by atoms with Crippen molar-refractivity contribution in [2.45, 2.75) is 39.7 Å². The maximum absolute atomic E-state index is 9.25. The Bertz CT molecular complexity index is 471. The Morgan fingerprint density at radius 2 is 2.00 bits per heavy atom. The number of nitrogens with one attached hydrogen (secondary N) is 1. The van der Waals surface area contributed by atoms with Gasteiger partial charge in [0, 0.05) is 31.5 Å². The third-order valence-corrected chi connectivity index (χ3v) is 4.31. The molecule has 0 aliphatic heterocycles. The van der Waals surface area contributed by atoms with Gasteiger partial charge in [0.1, 0.15) is 0 Å². The van der Waals surface area contributed by atoms with E-state index in [1.807, 2.05) is 24.3 Å². The number of nitrogens with two attached hydrogens (primary N) is 1. The van der Waals surface area contributed by atoms with Crippen LogP contribution in [0.25, 0.3) is 0 Å². The fourth-order valence-electron chi connectivity index (χ4n) is 2.50. The van der Waals surface area contributed by atoms with Gasteiger partial charge in [0.15, 0.2) is 5.96 Å². The lowest BCUT2D eigenvalue weighted by Gasteiger charge is -2.29. The highest BCUT2D eigenvalue weighted by molar-refractivity contribution is 5.92. The molecule has 22 heavy (non-hydrogen) atoms. The van der Waals surface area contributed by atoms with Crippen LogP contribution in [-0.4, -0.2) is 31.3 Å². The second-order valence-corrected chi connectivity index (χ2v) is 5.60. The van der Waals surface area contributed by atoms with Gasteiger partial charge in [-0.05, 0) is 30.7 Å². The highest BCUT2D eigenvalue weighted by Gasteiger charge is 2.25. The first-order chi connectivity index (χ1) is 10.6. The van der Waals surface area contributed by atoms with E-state index in [0.717, 1.165) is 30.5 Å². The van der Waals surface area contributed by atoms with Gasteiger partial charge in [0.25, 0.3) is 0 Å². The van der Waals surface area contributed by atoms with E-state index in [1.54, 1.807) is 7.11 Å². The maximum atomic E-state index is 9.25. The summed E-state index contributed by atoms with van der Waals surface area (Å²) in [4.78, 5) is 4.48. The van der Waals surface area contributed by atoms with Crippen molar-refractivity contribution < 1.29 is 9.84 Å². The zero-order chi connectivity index (χ0) is 16.4. The van der Waals surface area contributed by atoms with E-state index in [-0.39, 0.29) is 12.0 Å². The molecular formula is C17H29N3O2. The van der Waals surface area contributed by atoms with Crippen LogP contribution in [0.5, 0.6) is 0 Å². The van der Waals surface area contributed by atoms with Gasteiger partial charge < -0.3 is 20.9 Å². The summed E-state index contributed by atoms with van der Waals surface area (Å²) in [5, 5.41) is 12.4. The number of aliphatic hydroxyl groups excluding tert-OH is 1. The number of hydrogen-bond donors (Lipinski definition) is 3. The summed E-state index contributed by atoms with van der Waals surface area (Å²) in [6.07, 6.45) is 2.69. The normalized spacial score (nSPS) is 12.5. The van der Waals surface area contributed by atoms with Crippen LogP contribution < -0.4 is 11.1 Å². The van der Waals surface area contributed by atoms with Crippen molar-refractivity contribution in [1.29, 1.82) is 0 Å².